The number of hydrogen-bond donors (Lipinski definition) is 2. The van der Waals surface area contributed by atoms with Gasteiger partial charge in [0.2, 0.25) is 0 Å². The number of carboxylic acid groups (broad SMARTS) is 1. The molecule has 0 radical (unpaired) electrons. The van der Waals surface area contributed by atoms with Crippen molar-refractivity contribution in [2.45, 2.75) is 39.5 Å². The van der Waals surface area contributed by atoms with Crippen molar-refractivity contribution in [3.63, 3.8) is 0 Å². The maximum atomic E-state index is 10.4. The molecule has 0 aromatic heterocycles. The molecule has 0 saturated heterocycles. The molecule has 0 amide bonds. The average molecular weight is 211 g/mol. The Morgan fingerprint density at radius 3 is 2.60 bits per heavy atom. The number of nitrogens with one attached hydrogen (secondary N) is 1. The van der Waals surface area contributed by atoms with Crippen LogP contribution in [0.25, 0.3) is 0 Å². The molecule has 3 nitrogen and oxygen atoms in total. The van der Waals surface area contributed by atoms with E-state index in [0.29, 0.717) is 12.0 Å². The lowest BCUT2D eigenvalue weighted by Crippen LogP contribution is -2.39. The second-order valence-electron chi connectivity index (χ2n) is 4.64. The smallest absolute Gasteiger partial charge is 0.328 e. The van der Waals surface area contributed by atoms with Gasteiger partial charge in [-0.05, 0) is 31.6 Å². The van der Waals surface area contributed by atoms with E-state index in [1.54, 1.807) is 0 Å². The van der Waals surface area contributed by atoms with Crippen LogP contribution < -0.4 is 5.32 Å². The largest absolute Gasteiger partial charge is 0.478 e. The molecule has 86 valence electrons. The molecule has 0 aromatic carbocycles. The van der Waals surface area contributed by atoms with Crippen molar-refractivity contribution in [3.8, 4) is 0 Å². The highest BCUT2D eigenvalue weighted by atomic mass is 16.4. The minimum Gasteiger partial charge on any atom is -0.478 e. The minimum atomic E-state index is -0.858. The zero-order valence-corrected chi connectivity index (χ0v) is 9.68. The van der Waals surface area contributed by atoms with E-state index in [4.69, 9.17) is 5.11 Å². The first kappa shape index (κ1) is 12.2. The van der Waals surface area contributed by atoms with Gasteiger partial charge in [0.1, 0.15) is 0 Å². The maximum absolute atomic E-state index is 10.4. The Kier molecular flexibility index (Phi) is 4.33. The number of carboxylic acids is 1. The number of carbonyl (C=O) groups is 1. The average Bonchev–Trinajstić information content (AvgIpc) is 2.08. The van der Waals surface area contributed by atoms with E-state index in [1.807, 2.05) is 6.92 Å². The summed E-state index contributed by atoms with van der Waals surface area (Å²) in [5.74, 6) is -0.858. The van der Waals surface area contributed by atoms with Crippen LogP contribution in [0.5, 0.6) is 0 Å². The van der Waals surface area contributed by atoms with Crippen molar-refractivity contribution >= 4 is 5.97 Å². The highest BCUT2D eigenvalue weighted by Crippen LogP contribution is 2.42. The van der Waals surface area contributed by atoms with Crippen LogP contribution in [0.4, 0.5) is 0 Å². The Bertz CT molecular complexity index is 249. The number of hydrogen-bond acceptors (Lipinski definition) is 2. The van der Waals surface area contributed by atoms with Crippen molar-refractivity contribution in [2.24, 2.45) is 5.41 Å². The topological polar surface area (TPSA) is 49.3 Å². The molecular formula is C12H21NO2. The van der Waals surface area contributed by atoms with Gasteiger partial charge in [0.05, 0.1) is 0 Å². The van der Waals surface area contributed by atoms with Crippen LogP contribution in [0.3, 0.4) is 0 Å². The number of aliphatic carboxylic acids is 1. The fraction of sp³-hybridized carbons (Fsp3) is 0.750. The van der Waals surface area contributed by atoms with Crippen molar-refractivity contribution in [3.05, 3.63) is 11.6 Å². The summed E-state index contributed by atoms with van der Waals surface area (Å²) in [4.78, 5) is 10.4. The van der Waals surface area contributed by atoms with Crippen LogP contribution in [0.2, 0.25) is 0 Å². The van der Waals surface area contributed by atoms with Gasteiger partial charge in [-0.2, -0.15) is 0 Å². The Hall–Kier alpha value is -0.830. The SMILES string of the molecule is CCC1(CNCC(C)=CC(=O)O)CCC1. The minimum absolute atomic E-state index is 0.503. The molecule has 0 bridgehead atoms. The van der Waals surface area contributed by atoms with Crippen molar-refractivity contribution in [1.82, 2.24) is 5.32 Å². The van der Waals surface area contributed by atoms with Crippen LogP contribution in [0.15, 0.2) is 11.6 Å². The van der Waals surface area contributed by atoms with Gasteiger partial charge in [-0.15, -0.1) is 0 Å². The maximum Gasteiger partial charge on any atom is 0.328 e. The third-order valence-corrected chi connectivity index (χ3v) is 3.44. The molecule has 1 aliphatic carbocycles. The first-order valence-electron chi connectivity index (χ1n) is 5.69. The van der Waals surface area contributed by atoms with Crippen molar-refractivity contribution in [2.75, 3.05) is 13.1 Å². The van der Waals surface area contributed by atoms with Crippen LogP contribution >= 0.6 is 0 Å². The molecule has 0 aliphatic heterocycles. The quantitative estimate of drug-likeness (QED) is 0.662. The van der Waals surface area contributed by atoms with Crippen LogP contribution in [-0.2, 0) is 4.79 Å². The molecule has 0 spiro atoms. The van der Waals surface area contributed by atoms with E-state index in [0.717, 1.165) is 12.1 Å². The van der Waals surface area contributed by atoms with E-state index >= 15 is 0 Å². The fourth-order valence-corrected chi connectivity index (χ4v) is 2.12. The molecule has 1 rings (SSSR count). The Labute approximate surface area is 91.6 Å². The third-order valence-electron chi connectivity index (χ3n) is 3.44. The predicted octanol–water partition coefficient (Wildman–Crippen LogP) is 2.19. The molecule has 2 N–H and O–H groups in total. The summed E-state index contributed by atoms with van der Waals surface area (Å²) in [7, 11) is 0. The van der Waals surface area contributed by atoms with Gasteiger partial charge >= 0.3 is 5.97 Å². The van der Waals surface area contributed by atoms with Gasteiger partial charge in [0, 0.05) is 19.2 Å². The van der Waals surface area contributed by atoms with E-state index in [9.17, 15) is 4.79 Å². The Balaban J connectivity index is 2.23. The predicted molar refractivity (Wildman–Crippen MR) is 60.8 cm³/mol. The van der Waals surface area contributed by atoms with E-state index in [1.165, 1.54) is 31.8 Å². The second-order valence-corrected chi connectivity index (χ2v) is 4.64. The molecule has 1 saturated carbocycles. The normalized spacial score (nSPS) is 19.7. The highest BCUT2D eigenvalue weighted by Gasteiger charge is 2.34. The zero-order valence-electron chi connectivity index (χ0n) is 9.68. The molecule has 0 aromatic rings. The summed E-state index contributed by atoms with van der Waals surface area (Å²) in [5.41, 5.74) is 1.39. The molecule has 3 heteroatoms. The van der Waals surface area contributed by atoms with Gasteiger partial charge in [0.25, 0.3) is 0 Å². The molecule has 15 heavy (non-hydrogen) atoms. The van der Waals surface area contributed by atoms with E-state index in [-0.39, 0.29) is 0 Å². The highest BCUT2D eigenvalue weighted by molar-refractivity contribution is 5.80. The second kappa shape index (κ2) is 5.31. The van der Waals surface area contributed by atoms with Gasteiger partial charge in [-0.25, -0.2) is 4.79 Å². The summed E-state index contributed by atoms with van der Waals surface area (Å²) >= 11 is 0. The summed E-state index contributed by atoms with van der Waals surface area (Å²) in [6, 6.07) is 0. The molecule has 0 atom stereocenters. The lowest BCUT2D eigenvalue weighted by molar-refractivity contribution is -0.131. The summed E-state index contributed by atoms with van der Waals surface area (Å²) in [5, 5.41) is 11.9. The Morgan fingerprint density at radius 2 is 2.20 bits per heavy atom. The van der Waals surface area contributed by atoms with Crippen LogP contribution in [-0.4, -0.2) is 24.2 Å². The van der Waals surface area contributed by atoms with Gasteiger partial charge in [-0.3, -0.25) is 0 Å². The first-order chi connectivity index (χ1) is 7.08. The molecule has 1 aliphatic rings. The van der Waals surface area contributed by atoms with Gasteiger partial charge in [-0.1, -0.05) is 18.9 Å². The molecular weight excluding hydrogens is 190 g/mol. The van der Waals surface area contributed by atoms with Crippen molar-refractivity contribution in [1.29, 1.82) is 0 Å². The van der Waals surface area contributed by atoms with Gasteiger partial charge in [0.15, 0.2) is 0 Å². The zero-order chi connectivity index (χ0) is 11.3. The van der Waals surface area contributed by atoms with Crippen LogP contribution in [0, 0.1) is 5.41 Å². The van der Waals surface area contributed by atoms with E-state index < -0.39 is 5.97 Å². The molecule has 0 heterocycles. The third kappa shape index (κ3) is 3.67. The lowest BCUT2D eigenvalue weighted by Gasteiger charge is -2.41. The van der Waals surface area contributed by atoms with E-state index in [2.05, 4.69) is 12.2 Å². The fourth-order valence-electron chi connectivity index (χ4n) is 2.12. The molecule has 1 fully saturated rings. The standard InChI is InChI=1S/C12H21NO2/c1-3-12(5-4-6-12)9-13-8-10(2)7-11(14)15/h7,13H,3-6,8-9H2,1-2H3,(H,14,15). The van der Waals surface area contributed by atoms with Crippen molar-refractivity contribution < 1.29 is 9.90 Å². The summed E-state index contributed by atoms with van der Waals surface area (Å²) < 4.78 is 0. The van der Waals surface area contributed by atoms with Gasteiger partial charge < -0.3 is 10.4 Å². The number of rotatable bonds is 6. The Morgan fingerprint density at radius 1 is 1.53 bits per heavy atom. The summed E-state index contributed by atoms with van der Waals surface area (Å²) in [6.07, 6.45) is 6.48. The lowest BCUT2D eigenvalue weighted by atomic mass is 9.67. The monoisotopic (exact) mass is 211 g/mol. The van der Waals surface area contributed by atoms with Crippen LogP contribution in [0.1, 0.15) is 39.5 Å². The molecule has 0 unspecified atom stereocenters. The summed E-state index contributed by atoms with van der Waals surface area (Å²) in [6.45, 7) is 5.80. The first-order valence-corrected chi connectivity index (χ1v) is 5.69.